The molecule has 1 heterocycles. The van der Waals surface area contributed by atoms with Crippen molar-refractivity contribution in [2.24, 2.45) is 0 Å². The van der Waals surface area contributed by atoms with Crippen molar-refractivity contribution in [2.45, 2.75) is 13.1 Å². The highest BCUT2D eigenvalue weighted by atomic mass is 19.4. The number of nitrogens with one attached hydrogen (secondary N) is 1. The first-order valence-electron chi connectivity index (χ1n) is 5.70. The molecule has 2 aromatic rings. The van der Waals surface area contributed by atoms with Crippen molar-refractivity contribution < 1.29 is 18.0 Å². The van der Waals surface area contributed by atoms with Gasteiger partial charge >= 0.3 is 12.1 Å². The minimum atomic E-state index is -4.84. The highest BCUT2D eigenvalue weighted by Gasteiger charge is 2.38. The Morgan fingerprint density at radius 2 is 1.65 bits per heavy atom. The molecule has 20 heavy (non-hydrogen) atoms. The van der Waals surface area contributed by atoms with Crippen LogP contribution in [0.25, 0.3) is 0 Å². The molecule has 0 radical (unpaired) electrons. The van der Waals surface area contributed by atoms with Crippen LogP contribution >= 0.6 is 0 Å². The third kappa shape index (κ3) is 5.51. The molecule has 1 aromatic carbocycles. The lowest BCUT2D eigenvalue weighted by molar-refractivity contribution is -0.167. The van der Waals surface area contributed by atoms with Gasteiger partial charge in [0.2, 0.25) is 0 Å². The normalized spacial score (nSPS) is 10.2. The fourth-order valence-electron chi connectivity index (χ4n) is 1.22. The lowest BCUT2D eigenvalue weighted by atomic mass is 10.2. The van der Waals surface area contributed by atoms with Gasteiger partial charge in [-0.15, -0.1) is 0 Å². The minimum absolute atomic E-state index is 0.176. The van der Waals surface area contributed by atoms with Gasteiger partial charge in [0.1, 0.15) is 0 Å². The number of benzene rings is 1. The Hall–Kier alpha value is -2.37. The minimum Gasteiger partial charge on any atom is -0.318 e. The summed E-state index contributed by atoms with van der Waals surface area (Å²) in [5.41, 5.74) is 0.764. The summed E-state index contributed by atoms with van der Waals surface area (Å²) in [4.78, 5) is 14.3. The number of pyridine rings is 1. The van der Waals surface area contributed by atoms with Gasteiger partial charge in [-0.3, -0.25) is 9.78 Å². The molecule has 0 aliphatic rings. The Morgan fingerprint density at radius 3 is 2.05 bits per heavy atom. The SMILES string of the molecule is Cc1ccccc1NC(=O)C(F)(F)F.c1ccncc1. The van der Waals surface area contributed by atoms with E-state index in [1.54, 1.807) is 42.8 Å². The predicted octanol–water partition coefficient (Wildman–Crippen LogP) is 3.58. The summed E-state index contributed by atoms with van der Waals surface area (Å²) in [7, 11) is 0. The van der Waals surface area contributed by atoms with Gasteiger partial charge < -0.3 is 5.32 Å². The van der Waals surface area contributed by atoms with E-state index in [0.717, 1.165) is 0 Å². The van der Waals surface area contributed by atoms with Crippen LogP contribution in [0.15, 0.2) is 54.9 Å². The Bertz CT molecular complexity index is 515. The maximum absolute atomic E-state index is 11.9. The molecule has 1 amide bonds. The summed E-state index contributed by atoms with van der Waals surface area (Å²) in [6.45, 7) is 1.62. The van der Waals surface area contributed by atoms with Crippen LogP contribution in [-0.2, 0) is 4.79 Å². The first-order chi connectivity index (χ1) is 9.41. The van der Waals surface area contributed by atoms with Crippen LogP contribution < -0.4 is 5.32 Å². The van der Waals surface area contributed by atoms with Gasteiger partial charge in [-0.05, 0) is 30.7 Å². The molecule has 0 bridgehead atoms. The number of nitrogens with zero attached hydrogens (tertiary/aromatic N) is 1. The van der Waals surface area contributed by atoms with E-state index in [2.05, 4.69) is 4.98 Å². The van der Waals surface area contributed by atoms with Crippen LogP contribution in [0.3, 0.4) is 0 Å². The molecule has 0 aliphatic heterocycles. The van der Waals surface area contributed by atoms with Crippen molar-refractivity contribution in [2.75, 3.05) is 5.32 Å². The lowest BCUT2D eigenvalue weighted by Gasteiger charge is -2.09. The molecule has 0 atom stereocenters. The quantitative estimate of drug-likeness (QED) is 0.868. The van der Waals surface area contributed by atoms with E-state index < -0.39 is 12.1 Å². The number of rotatable bonds is 1. The first-order valence-corrected chi connectivity index (χ1v) is 5.70. The fourth-order valence-corrected chi connectivity index (χ4v) is 1.22. The summed E-state index contributed by atoms with van der Waals surface area (Å²) in [5.74, 6) is -1.95. The Kier molecular flexibility index (Phi) is 5.71. The fraction of sp³-hybridized carbons (Fsp3) is 0.143. The molecule has 6 heteroatoms. The zero-order valence-corrected chi connectivity index (χ0v) is 10.7. The van der Waals surface area contributed by atoms with Crippen LogP contribution in [0, 0.1) is 6.92 Å². The Morgan fingerprint density at radius 1 is 1.05 bits per heavy atom. The maximum Gasteiger partial charge on any atom is 0.471 e. The number of carbonyl (C=O) groups excluding carboxylic acids is 1. The van der Waals surface area contributed by atoms with Crippen molar-refractivity contribution in [3.63, 3.8) is 0 Å². The largest absolute Gasteiger partial charge is 0.471 e. The second-order valence-corrected chi connectivity index (χ2v) is 3.79. The Balaban J connectivity index is 0.000000276. The number of carbonyl (C=O) groups is 1. The van der Waals surface area contributed by atoms with E-state index in [1.165, 1.54) is 6.07 Å². The number of hydrogen-bond acceptors (Lipinski definition) is 2. The third-order valence-corrected chi connectivity index (χ3v) is 2.22. The van der Waals surface area contributed by atoms with Gasteiger partial charge in [0, 0.05) is 18.1 Å². The van der Waals surface area contributed by atoms with E-state index in [-0.39, 0.29) is 5.69 Å². The summed E-state index contributed by atoms with van der Waals surface area (Å²) in [6, 6.07) is 12.0. The van der Waals surface area contributed by atoms with Crippen molar-refractivity contribution in [1.29, 1.82) is 0 Å². The number of hydrogen-bond donors (Lipinski definition) is 1. The molecule has 3 nitrogen and oxygen atoms in total. The van der Waals surface area contributed by atoms with Gasteiger partial charge in [-0.1, -0.05) is 24.3 Å². The monoisotopic (exact) mass is 282 g/mol. The number of anilines is 1. The van der Waals surface area contributed by atoms with E-state index in [1.807, 2.05) is 18.2 Å². The highest BCUT2D eigenvalue weighted by Crippen LogP contribution is 2.19. The van der Waals surface area contributed by atoms with Gasteiger partial charge in [0.25, 0.3) is 0 Å². The molecular formula is C14H13F3N2O. The maximum atomic E-state index is 11.9. The van der Waals surface area contributed by atoms with Crippen LogP contribution in [-0.4, -0.2) is 17.1 Å². The van der Waals surface area contributed by atoms with Crippen molar-refractivity contribution in [3.8, 4) is 0 Å². The van der Waals surface area contributed by atoms with Crippen LogP contribution in [0.5, 0.6) is 0 Å². The van der Waals surface area contributed by atoms with E-state index in [0.29, 0.717) is 5.56 Å². The van der Waals surface area contributed by atoms with Gasteiger partial charge in [0.15, 0.2) is 0 Å². The van der Waals surface area contributed by atoms with E-state index in [4.69, 9.17) is 0 Å². The first kappa shape index (κ1) is 15.7. The zero-order valence-electron chi connectivity index (χ0n) is 10.7. The summed E-state index contributed by atoms with van der Waals surface area (Å²) in [6.07, 6.45) is -1.34. The average molecular weight is 282 g/mol. The summed E-state index contributed by atoms with van der Waals surface area (Å²) >= 11 is 0. The predicted molar refractivity (Wildman–Crippen MR) is 70.1 cm³/mol. The van der Waals surface area contributed by atoms with Gasteiger partial charge in [0.05, 0.1) is 0 Å². The second kappa shape index (κ2) is 7.28. The van der Waals surface area contributed by atoms with Gasteiger partial charge in [-0.25, -0.2) is 0 Å². The van der Waals surface area contributed by atoms with Crippen molar-refractivity contribution in [1.82, 2.24) is 4.98 Å². The number of alkyl halides is 3. The number of para-hydroxylation sites is 1. The van der Waals surface area contributed by atoms with Crippen LogP contribution in [0.4, 0.5) is 18.9 Å². The molecule has 2 rings (SSSR count). The molecule has 1 aromatic heterocycles. The Labute approximate surface area is 114 Å². The average Bonchev–Trinajstić information content (AvgIpc) is 2.43. The highest BCUT2D eigenvalue weighted by molar-refractivity contribution is 5.95. The zero-order chi connectivity index (χ0) is 15.0. The molecule has 1 N–H and O–H groups in total. The topological polar surface area (TPSA) is 42.0 Å². The summed E-state index contributed by atoms with van der Waals surface area (Å²) in [5, 5.41) is 1.79. The van der Waals surface area contributed by atoms with Crippen molar-refractivity contribution >= 4 is 11.6 Å². The van der Waals surface area contributed by atoms with E-state index in [9.17, 15) is 18.0 Å². The van der Waals surface area contributed by atoms with Crippen LogP contribution in [0.2, 0.25) is 0 Å². The molecule has 0 spiro atoms. The molecule has 0 aliphatic carbocycles. The van der Waals surface area contributed by atoms with Gasteiger partial charge in [-0.2, -0.15) is 13.2 Å². The smallest absolute Gasteiger partial charge is 0.318 e. The standard InChI is InChI=1S/C9H8F3NO.C5H5N/c1-6-4-2-3-5-7(6)13-8(14)9(10,11)12;1-2-4-6-5-3-1/h2-5H,1H3,(H,13,14);1-5H. The second-order valence-electron chi connectivity index (χ2n) is 3.79. The molecule has 0 unspecified atom stereocenters. The van der Waals surface area contributed by atoms with Crippen LogP contribution in [0.1, 0.15) is 5.56 Å². The molecule has 0 saturated heterocycles. The number of aromatic nitrogens is 1. The molecular weight excluding hydrogens is 269 g/mol. The molecule has 0 fully saturated rings. The number of amides is 1. The summed E-state index contributed by atoms with van der Waals surface area (Å²) < 4.78 is 35.6. The molecule has 106 valence electrons. The third-order valence-electron chi connectivity index (χ3n) is 2.22. The van der Waals surface area contributed by atoms with E-state index >= 15 is 0 Å². The van der Waals surface area contributed by atoms with Crippen molar-refractivity contribution in [3.05, 3.63) is 60.4 Å². The number of aryl methyl sites for hydroxylation is 1. The molecule has 0 saturated carbocycles. The number of halogens is 3. The lowest BCUT2D eigenvalue weighted by Crippen LogP contribution is -2.30.